The van der Waals surface area contributed by atoms with Gasteiger partial charge in [0.1, 0.15) is 0 Å². The molecule has 1 aliphatic rings. The summed E-state index contributed by atoms with van der Waals surface area (Å²) in [6.07, 6.45) is 3.54. The summed E-state index contributed by atoms with van der Waals surface area (Å²) in [6.45, 7) is 4.20. The maximum absolute atomic E-state index is 13.5. The molecule has 0 unspecified atom stereocenters. The molecule has 158 valence electrons. The molecular formula is C23H31NO4S. The molecule has 1 aliphatic heterocycles. The highest BCUT2D eigenvalue weighted by Crippen LogP contribution is 2.42. The lowest BCUT2D eigenvalue weighted by Gasteiger charge is -2.36. The van der Waals surface area contributed by atoms with Crippen LogP contribution in [0.3, 0.4) is 0 Å². The predicted molar refractivity (Wildman–Crippen MR) is 116 cm³/mol. The van der Waals surface area contributed by atoms with Gasteiger partial charge in [0.05, 0.1) is 30.9 Å². The van der Waals surface area contributed by atoms with Gasteiger partial charge in [-0.2, -0.15) is 0 Å². The molecule has 1 heterocycles. The zero-order chi connectivity index (χ0) is 21.1. The van der Waals surface area contributed by atoms with Crippen molar-refractivity contribution in [3.63, 3.8) is 0 Å². The standard InChI is InChI=1S/C23H31NO4S/c1-5-7-13-23(6-2)16-29(25,26)21-15-20(28-4)19(27-3)14-18(21)22(24-23)17-11-9-8-10-12-17/h8-12,14-15,22,24H,5-7,13,16H2,1-4H3/t22-,23+/m1/s1. The van der Waals surface area contributed by atoms with E-state index in [2.05, 4.69) is 19.2 Å². The van der Waals surface area contributed by atoms with Gasteiger partial charge >= 0.3 is 0 Å². The second-order valence-electron chi connectivity index (χ2n) is 7.73. The van der Waals surface area contributed by atoms with Crippen LogP contribution in [0.2, 0.25) is 0 Å². The van der Waals surface area contributed by atoms with Crippen LogP contribution < -0.4 is 14.8 Å². The smallest absolute Gasteiger partial charge is 0.180 e. The molecule has 0 aromatic heterocycles. The molecule has 6 heteroatoms. The van der Waals surface area contributed by atoms with Crippen LogP contribution in [0.25, 0.3) is 0 Å². The van der Waals surface area contributed by atoms with Gasteiger partial charge in [0.2, 0.25) is 0 Å². The lowest BCUT2D eigenvalue weighted by molar-refractivity contribution is 0.294. The zero-order valence-corrected chi connectivity index (χ0v) is 18.5. The molecule has 0 spiro atoms. The summed E-state index contributed by atoms with van der Waals surface area (Å²) in [5, 5.41) is 3.76. The Bertz CT molecular complexity index is 943. The van der Waals surface area contributed by atoms with Crippen LogP contribution >= 0.6 is 0 Å². The monoisotopic (exact) mass is 417 g/mol. The summed E-state index contributed by atoms with van der Waals surface area (Å²) >= 11 is 0. The van der Waals surface area contributed by atoms with Gasteiger partial charge in [0, 0.05) is 11.6 Å². The van der Waals surface area contributed by atoms with Crippen molar-refractivity contribution in [2.75, 3.05) is 20.0 Å². The van der Waals surface area contributed by atoms with Crippen LogP contribution in [0.1, 0.15) is 56.7 Å². The van der Waals surface area contributed by atoms with Gasteiger partial charge in [-0.3, -0.25) is 5.32 Å². The quantitative estimate of drug-likeness (QED) is 0.718. The minimum absolute atomic E-state index is 0.0717. The number of rotatable bonds is 7. The van der Waals surface area contributed by atoms with Crippen LogP contribution in [-0.4, -0.2) is 33.9 Å². The van der Waals surface area contributed by atoms with Crippen LogP contribution in [0.15, 0.2) is 47.4 Å². The summed E-state index contributed by atoms with van der Waals surface area (Å²) in [7, 11) is -0.432. The van der Waals surface area contributed by atoms with E-state index in [1.165, 1.54) is 7.11 Å². The number of methoxy groups -OCH3 is 2. The first-order valence-corrected chi connectivity index (χ1v) is 11.9. The molecular weight excluding hydrogens is 386 g/mol. The number of nitrogens with one attached hydrogen (secondary N) is 1. The molecule has 0 fully saturated rings. The molecule has 0 amide bonds. The van der Waals surface area contributed by atoms with Crippen molar-refractivity contribution in [1.29, 1.82) is 0 Å². The number of hydrogen-bond donors (Lipinski definition) is 1. The Labute approximate surface area is 174 Å². The van der Waals surface area contributed by atoms with E-state index in [1.54, 1.807) is 13.2 Å². The van der Waals surface area contributed by atoms with Crippen molar-refractivity contribution in [2.45, 2.75) is 56.0 Å². The maximum Gasteiger partial charge on any atom is 0.180 e. The van der Waals surface area contributed by atoms with Crippen LogP contribution in [0.5, 0.6) is 11.5 Å². The molecule has 5 nitrogen and oxygen atoms in total. The van der Waals surface area contributed by atoms with Gasteiger partial charge in [-0.05, 0) is 30.0 Å². The van der Waals surface area contributed by atoms with Crippen molar-refractivity contribution in [2.24, 2.45) is 0 Å². The molecule has 2 aromatic carbocycles. The summed E-state index contributed by atoms with van der Waals surface area (Å²) in [5.74, 6) is 1.03. The number of unbranched alkanes of at least 4 members (excludes halogenated alkanes) is 1. The van der Waals surface area contributed by atoms with Crippen LogP contribution in [0.4, 0.5) is 0 Å². The van der Waals surface area contributed by atoms with Crippen molar-refractivity contribution in [1.82, 2.24) is 5.32 Å². The fourth-order valence-corrected chi connectivity index (χ4v) is 6.32. The van der Waals surface area contributed by atoms with Gasteiger partial charge in [-0.1, -0.05) is 57.0 Å². The Morgan fingerprint density at radius 1 is 1.07 bits per heavy atom. The fourth-order valence-electron chi connectivity index (χ4n) is 4.19. The molecule has 3 rings (SSSR count). The van der Waals surface area contributed by atoms with Crippen LogP contribution in [0, 0.1) is 0 Å². The first-order chi connectivity index (χ1) is 13.9. The second kappa shape index (κ2) is 8.76. The molecule has 2 aromatic rings. The topological polar surface area (TPSA) is 64.6 Å². The van der Waals surface area contributed by atoms with Gasteiger partial charge in [0.25, 0.3) is 0 Å². The second-order valence-corrected chi connectivity index (χ2v) is 9.69. The SMILES string of the molecule is CCCC[C@@]1(CC)CS(=O)(=O)c2cc(OC)c(OC)cc2[C@@H](c2ccccc2)N1. The van der Waals surface area contributed by atoms with E-state index in [9.17, 15) is 8.42 Å². The third kappa shape index (κ3) is 4.28. The Balaban J connectivity index is 2.27. The van der Waals surface area contributed by atoms with E-state index in [0.717, 1.165) is 31.2 Å². The molecule has 0 aliphatic carbocycles. The summed E-state index contributed by atoms with van der Waals surface area (Å²) in [5.41, 5.74) is 1.25. The summed E-state index contributed by atoms with van der Waals surface area (Å²) < 4.78 is 38.0. The van der Waals surface area contributed by atoms with Crippen molar-refractivity contribution in [3.8, 4) is 11.5 Å². The highest BCUT2D eigenvalue weighted by molar-refractivity contribution is 7.91. The molecule has 0 radical (unpaired) electrons. The average Bonchev–Trinajstić information content (AvgIpc) is 2.84. The van der Waals surface area contributed by atoms with Crippen LogP contribution in [-0.2, 0) is 9.84 Å². The minimum Gasteiger partial charge on any atom is -0.493 e. The number of ether oxygens (including phenoxy) is 2. The lowest BCUT2D eigenvalue weighted by atomic mass is 9.88. The van der Waals surface area contributed by atoms with E-state index < -0.39 is 15.4 Å². The van der Waals surface area contributed by atoms with E-state index in [0.29, 0.717) is 22.0 Å². The highest BCUT2D eigenvalue weighted by atomic mass is 32.2. The Hall–Kier alpha value is -2.05. The van der Waals surface area contributed by atoms with Gasteiger partial charge in [0.15, 0.2) is 21.3 Å². The normalized spacial score (nSPS) is 23.1. The minimum atomic E-state index is -3.53. The van der Waals surface area contributed by atoms with Crippen molar-refractivity contribution >= 4 is 9.84 Å². The molecule has 0 saturated carbocycles. The molecule has 29 heavy (non-hydrogen) atoms. The van der Waals surface area contributed by atoms with Gasteiger partial charge < -0.3 is 9.47 Å². The molecule has 0 saturated heterocycles. The Kier molecular flexibility index (Phi) is 6.54. The van der Waals surface area contributed by atoms with E-state index in [-0.39, 0.29) is 11.8 Å². The molecule has 1 N–H and O–H groups in total. The van der Waals surface area contributed by atoms with Gasteiger partial charge in [-0.15, -0.1) is 0 Å². The summed E-state index contributed by atoms with van der Waals surface area (Å²) in [6, 6.07) is 13.2. The Morgan fingerprint density at radius 2 is 1.72 bits per heavy atom. The van der Waals surface area contributed by atoms with Gasteiger partial charge in [-0.25, -0.2) is 8.42 Å². The third-order valence-corrected chi connectivity index (χ3v) is 7.85. The molecule has 0 bridgehead atoms. The third-order valence-electron chi connectivity index (χ3n) is 5.90. The zero-order valence-electron chi connectivity index (χ0n) is 17.7. The number of benzene rings is 2. The van der Waals surface area contributed by atoms with E-state index in [1.807, 2.05) is 36.4 Å². The van der Waals surface area contributed by atoms with Crippen molar-refractivity contribution < 1.29 is 17.9 Å². The van der Waals surface area contributed by atoms with Crippen molar-refractivity contribution in [3.05, 3.63) is 53.6 Å². The first-order valence-electron chi connectivity index (χ1n) is 10.2. The fraction of sp³-hybridized carbons (Fsp3) is 0.478. The number of sulfone groups is 1. The largest absolute Gasteiger partial charge is 0.493 e. The maximum atomic E-state index is 13.5. The highest BCUT2D eigenvalue weighted by Gasteiger charge is 2.42. The first kappa shape index (κ1) is 21.7. The number of hydrogen-bond acceptors (Lipinski definition) is 5. The predicted octanol–water partition coefficient (Wildman–Crippen LogP) is 4.51. The van der Waals surface area contributed by atoms with E-state index in [4.69, 9.17) is 9.47 Å². The molecule has 2 atom stereocenters. The lowest BCUT2D eigenvalue weighted by Crippen LogP contribution is -2.50. The Morgan fingerprint density at radius 3 is 2.31 bits per heavy atom. The van der Waals surface area contributed by atoms with E-state index >= 15 is 0 Å². The summed E-state index contributed by atoms with van der Waals surface area (Å²) in [4.78, 5) is 0.323. The number of fused-ring (bicyclic) bond motifs is 1. The average molecular weight is 418 g/mol.